The summed E-state index contributed by atoms with van der Waals surface area (Å²) in [5.41, 5.74) is 1.20. The number of nitrogens with zero attached hydrogens (tertiary/aromatic N) is 1. The molecule has 170 valence electrons. The fourth-order valence-corrected chi connectivity index (χ4v) is 3.66. The zero-order chi connectivity index (χ0) is 23.4. The van der Waals surface area contributed by atoms with E-state index in [1.165, 1.54) is 36.4 Å². The Balaban J connectivity index is 1.63. The molecular weight excluding hydrogens is 429 g/mol. The minimum Gasteiger partial charge on any atom is -0.508 e. The number of aliphatic hydroxyl groups excluding tert-OH is 1. The van der Waals surface area contributed by atoms with Crippen LogP contribution in [0.3, 0.4) is 0 Å². The number of amides is 2. The van der Waals surface area contributed by atoms with Crippen molar-refractivity contribution in [1.82, 2.24) is 4.90 Å². The number of carbonyl (C=O) groups excluding carboxylic acids is 2. The van der Waals surface area contributed by atoms with Gasteiger partial charge in [0.15, 0.2) is 0 Å². The molecule has 0 aliphatic carbocycles. The number of halogens is 1. The number of rotatable bonds is 7. The standard InChI is InChI=1S/C25H22FNO6/c26-18-8-12-21(13-9-18)33-23(22(29)17-6-10-20(28)11-7-17)24(30)27-19(15-32-25(27)31)14-16-4-2-1-3-5-16/h1-13,19,22-23,28-29H,14-15H2/t19?,22-,23+/m1/s1. The number of phenols is 1. The molecule has 0 saturated carbocycles. The molecule has 33 heavy (non-hydrogen) atoms. The highest BCUT2D eigenvalue weighted by Crippen LogP contribution is 2.28. The van der Waals surface area contributed by atoms with Crippen LogP contribution >= 0.6 is 0 Å². The van der Waals surface area contributed by atoms with Gasteiger partial charge in [0.25, 0.3) is 5.91 Å². The Hall–Kier alpha value is -3.91. The number of ether oxygens (including phenoxy) is 2. The van der Waals surface area contributed by atoms with Gasteiger partial charge in [0.2, 0.25) is 6.10 Å². The van der Waals surface area contributed by atoms with E-state index in [4.69, 9.17) is 9.47 Å². The van der Waals surface area contributed by atoms with Crippen LogP contribution in [0.25, 0.3) is 0 Å². The van der Waals surface area contributed by atoms with Crippen LogP contribution in [0.1, 0.15) is 17.2 Å². The maximum Gasteiger partial charge on any atom is 0.417 e. The van der Waals surface area contributed by atoms with E-state index in [0.29, 0.717) is 12.0 Å². The van der Waals surface area contributed by atoms with Crippen molar-refractivity contribution in [2.24, 2.45) is 0 Å². The predicted octanol–water partition coefficient (Wildman–Crippen LogP) is 3.60. The zero-order valence-electron chi connectivity index (χ0n) is 17.5. The molecule has 2 amide bonds. The first kappa shape index (κ1) is 22.3. The Labute approximate surface area is 189 Å². The normalized spacial score (nSPS) is 17.3. The van der Waals surface area contributed by atoms with Crippen molar-refractivity contribution in [2.45, 2.75) is 24.7 Å². The lowest BCUT2D eigenvalue weighted by Gasteiger charge is -2.28. The molecule has 4 rings (SSSR count). The lowest BCUT2D eigenvalue weighted by atomic mass is 10.0. The largest absolute Gasteiger partial charge is 0.508 e. The molecule has 8 heteroatoms. The molecule has 0 spiro atoms. The molecule has 2 N–H and O–H groups in total. The van der Waals surface area contributed by atoms with E-state index >= 15 is 0 Å². The second-order valence-corrected chi connectivity index (χ2v) is 7.66. The van der Waals surface area contributed by atoms with E-state index < -0.39 is 36.1 Å². The summed E-state index contributed by atoms with van der Waals surface area (Å²) >= 11 is 0. The van der Waals surface area contributed by atoms with Crippen molar-refractivity contribution < 1.29 is 33.7 Å². The minimum atomic E-state index is -1.52. The summed E-state index contributed by atoms with van der Waals surface area (Å²) in [4.78, 5) is 27.0. The van der Waals surface area contributed by atoms with Crippen LogP contribution in [0, 0.1) is 5.82 Å². The fourth-order valence-electron chi connectivity index (χ4n) is 3.66. The van der Waals surface area contributed by atoms with Crippen molar-refractivity contribution in [3.8, 4) is 11.5 Å². The van der Waals surface area contributed by atoms with Crippen molar-refractivity contribution >= 4 is 12.0 Å². The maximum absolute atomic E-state index is 13.5. The van der Waals surface area contributed by atoms with Crippen LogP contribution in [0.4, 0.5) is 9.18 Å². The smallest absolute Gasteiger partial charge is 0.417 e. The van der Waals surface area contributed by atoms with Crippen molar-refractivity contribution in [3.63, 3.8) is 0 Å². The summed E-state index contributed by atoms with van der Waals surface area (Å²) in [6.45, 7) is 0.0119. The van der Waals surface area contributed by atoms with E-state index in [0.717, 1.165) is 22.6 Å². The van der Waals surface area contributed by atoms with Gasteiger partial charge in [-0.2, -0.15) is 0 Å². The second-order valence-electron chi connectivity index (χ2n) is 7.66. The van der Waals surface area contributed by atoms with Crippen molar-refractivity contribution in [2.75, 3.05) is 6.61 Å². The molecule has 1 fully saturated rings. The predicted molar refractivity (Wildman–Crippen MR) is 116 cm³/mol. The van der Waals surface area contributed by atoms with Gasteiger partial charge in [-0.05, 0) is 53.9 Å². The molecule has 7 nitrogen and oxygen atoms in total. The van der Waals surface area contributed by atoms with E-state index in [2.05, 4.69) is 0 Å². The summed E-state index contributed by atoms with van der Waals surface area (Å²) in [5.74, 6) is -1.15. The van der Waals surface area contributed by atoms with Crippen LogP contribution in [-0.4, -0.2) is 45.9 Å². The average molecular weight is 451 g/mol. The highest BCUT2D eigenvalue weighted by molar-refractivity contribution is 5.96. The van der Waals surface area contributed by atoms with Crippen molar-refractivity contribution in [1.29, 1.82) is 0 Å². The van der Waals surface area contributed by atoms with Gasteiger partial charge in [0, 0.05) is 0 Å². The van der Waals surface area contributed by atoms with E-state index in [9.17, 15) is 24.2 Å². The Bertz CT molecular complexity index is 1100. The third-order valence-electron chi connectivity index (χ3n) is 5.35. The average Bonchev–Trinajstić information content (AvgIpc) is 3.18. The van der Waals surface area contributed by atoms with Crippen LogP contribution in [0.5, 0.6) is 11.5 Å². The fraction of sp³-hybridized carbons (Fsp3) is 0.200. The molecule has 1 aliphatic heterocycles. The second kappa shape index (κ2) is 9.70. The van der Waals surface area contributed by atoms with E-state index in [1.54, 1.807) is 0 Å². The van der Waals surface area contributed by atoms with Gasteiger partial charge in [-0.25, -0.2) is 14.1 Å². The molecule has 1 saturated heterocycles. The van der Waals surface area contributed by atoms with Gasteiger partial charge in [-0.15, -0.1) is 0 Å². The summed E-state index contributed by atoms with van der Waals surface area (Å²) in [6, 6.07) is 19.3. The van der Waals surface area contributed by atoms with Gasteiger partial charge < -0.3 is 19.7 Å². The lowest BCUT2D eigenvalue weighted by molar-refractivity contribution is -0.142. The van der Waals surface area contributed by atoms with Crippen LogP contribution in [0.15, 0.2) is 78.9 Å². The summed E-state index contributed by atoms with van der Waals surface area (Å²) in [7, 11) is 0. The number of hydrogen-bond acceptors (Lipinski definition) is 6. The molecular formula is C25H22FNO6. The van der Waals surface area contributed by atoms with Gasteiger partial charge in [0.05, 0.1) is 6.04 Å². The number of phenolic OH excluding ortho intramolecular Hbond substituents is 1. The van der Waals surface area contributed by atoms with Crippen LogP contribution in [0.2, 0.25) is 0 Å². The number of aliphatic hydroxyl groups is 1. The molecule has 3 aromatic carbocycles. The first-order chi connectivity index (χ1) is 15.9. The van der Waals surface area contributed by atoms with Gasteiger partial charge in [0.1, 0.15) is 30.0 Å². The number of aromatic hydroxyl groups is 1. The third kappa shape index (κ3) is 5.12. The summed E-state index contributed by atoms with van der Waals surface area (Å²) < 4.78 is 24.2. The number of carbonyl (C=O) groups is 2. The van der Waals surface area contributed by atoms with Crippen LogP contribution < -0.4 is 4.74 Å². The Morgan fingerprint density at radius 2 is 1.73 bits per heavy atom. The number of benzene rings is 3. The minimum absolute atomic E-state index is 0.0119. The Morgan fingerprint density at radius 1 is 1.06 bits per heavy atom. The first-order valence-corrected chi connectivity index (χ1v) is 10.4. The zero-order valence-corrected chi connectivity index (χ0v) is 17.5. The van der Waals surface area contributed by atoms with E-state index in [1.807, 2.05) is 30.3 Å². The van der Waals surface area contributed by atoms with Gasteiger partial charge in [-0.3, -0.25) is 4.79 Å². The first-order valence-electron chi connectivity index (χ1n) is 10.4. The van der Waals surface area contributed by atoms with Gasteiger partial charge in [-0.1, -0.05) is 42.5 Å². The maximum atomic E-state index is 13.5. The Kier molecular flexibility index (Phi) is 6.55. The molecule has 1 heterocycles. The summed E-state index contributed by atoms with van der Waals surface area (Å²) in [5, 5.41) is 20.5. The third-order valence-corrected chi connectivity index (χ3v) is 5.35. The topological polar surface area (TPSA) is 96.3 Å². The highest BCUT2D eigenvalue weighted by atomic mass is 19.1. The van der Waals surface area contributed by atoms with Crippen molar-refractivity contribution in [3.05, 3.63) is 95.8 Å². The molecule has 0 aromatic heterocycles. The molecule has 1 aliphatic rings. The van der Waals surface area contributed by atoms with E-state index in [-0.39, 0.29) is 18.1 Å². The number of imide groups is 1. The lowest BCUT2D eigenvalue weighted by Crippen LogP contribution is -2.49. The summed E-state index contributed by atoms with van der Waals surface area (Å²) in [6.07, 6.45) is -3.46. The molecule has 3 aromatic rings. The van der Waals surface area contributed by atoms with Gasteiger partial charge >= 0.3 is 6.09 Å². The highest BCUT2D eigenvalue weighted by Gasteiger charge is 2.44. The molecule has 1 unspecified atom stereocenters. The molecule has 3 atom stereocenters. The van der Waals surface area contributed by atoms with Crippen LogP contribution in [-0.2, 0) is 16.0 Å². The number of cyclic esters (lactones) is 1. The monoisotopic (exact) mass is 451 g/mol. The number of hydrogen-bond donors (Lipinski definition) is 2. The quantitative estimate of drug-likeness (QED) is 0.570. The Morgan fingerprint density at radius 3 is 2.39 bits per heavy atom. The SMILES string of the molecule is O=C1OCC(Cc2ccccc2)N1C(=O)[C@@H](Oc1ccc(F)cc1)[C@H](O)c1ccc(O)cc1. The molecule has 0 bridgehead atoms. The molecule has 0 radical (unpaired) electrons.